The number of imide groups is 1. The summed E-state index contributed by atoms with van der Waals surface area (Å²) in [6.07, 6.45) is -0.809. The molecule has 6 nitrogen and oxygen atoms in total. The van der Waals surface area contributed by atoms with E-state index in [2.05, 4.69) is 11.4 Å². The topological polar surface area (TPSA) is 82.4 Å². The van der Waals surface area contributed by atoms with E-state index in [9.17, 15) is 14.9 Å². The molecule has 3 rings (SSSR count). The van der Waals surface area contributed by atoms with Crippen LogP contribution in [-0.2, 0) is 4.74 Å². The molecule has 28 heavy (non-hydrogen) atoms. The molecule has 7 heteroatoms. The van der Waals surface area contributed by atoms with Gasteiger partial charge < -0.3 is 10.1 Å². The molecule has 1 N–H and O–H groups in total. The molecule has 0 aliphatic carbocycles. The monoisotopic (exact) mass is 395 g/mol. The number of hydrogen-bond acceptors (Lipinski definition) is 4. The van der Waals surface area contributed by atoms with E-state index < -0.39 is 18.2 Å². The fourth-order valence-electron chi connectivity index (χ4n) is 3.19. The Hall–Kier alpha value is -3.30. The second-order valence-electron chi connectivity index (χ2n) is 6.15. The quantitative estimate of drug-likeness (QED) is 0.790. The number of nitriles is 1. The van der Waals surface area contributed by atoms with Gasteiger partial charge in [0.25, 0.3) is 0 Å². The summed E-state index contributed by atoms with van der Waals surface area (Å²) in [5, 5.41) is 12.9. The van der Waals surface area contributed by atoms with Gasteiger partial charge in [0, 0.05) is 10.7 Å². The van der Waals surface area contributed by atoms with Crippen LogP contribution >= 0.6 is 11.6 Å². The summed E-state index contributed by atoms with van der Waals surface area (Å²) >= 11 is 6.00. The molecule has 0 spiro atoms. The van der Waals surface area contributed by atoms with Gasteiger partial charge in [-0.15, -0.1) is 0 Å². The van der Waals surface area contributed by atoms with Crippen LogP contribution in [0.1, 0.15) is 25.5 Å². The number of rotatable bonds is 3. The third-order valence-electron chi connectivity index (χ3n) is 4.44. The van der Waals surface area contributed by atoms with Crippen molar-refractivity contribution < 1.29 is 14.3 Å². The molecule has 2 aromatic carbocycles. The number of ether oxygens (including phenoxy) is 1. The van der Waals surface area contributed by atoms with Crippen molar-refractivity contribution in [2.75, 3.05) is 6.61 Å². The van der Waals surface area contributed by atoms with Crippen LogP contribution in [-0.4, -0.2) is 23.6 Å². The van der Waals surface area contributed by atoms with Gasteiger partial charge in [-0.1, -0.05) is 48.0 Å². The summed E-state index contributed by atoms with van der Waals surface area (Å²) in [6.45, 7) is 3.40. The number of benzene rings is 2. The molecule has 0 aromatic heterocycles. The van der Waals surface area contributed by atoms with E-state index in [-0.39, 0.29) is 12.2 Å². The fraction of sp³-hybridized carbons (Fsp3) is 0.190. The molecular formula is C21H18ClN3O3. The molecule has 1 heterocycles. The zero-order valence-corrected chi connectivity index (χ0v) is 16.2. The van der Waals surface area contributed by atoms with E-state index in [1.165, 1.54) is 0 Å². The Balaban J connectivity index is 2.22. The Morgan fingerprint density at radius 3 is 2.57 bits per heavy atom. The van der Waals surface area contributed by atoms with Gasteiger partial charge in [0.2, 0.25) is 0 Å². The van der Waals surface area contributed by atoms with Gasteiger partial charge in [-0.2, -0.15) is 5.26 Å². The minimum atomic E-state index is -0.898. The van der Waals surface area contributed by atoms with E-state index >= 15 is 0 Å². The van der Waals surface area contributed by atoms with Crippen LogP contribution in [0, 0.1) is 11.3 Å². The van der Waals surface area contributed by atoms with E-state index in [0.717, 1.165) is 16.0 Å². The third-order valence-corrected chi connectivity index (χ3v) is 4.70. The lowest BCUT2D eigenvalue weighted by Gasteiger charge is -2.35. The van der Waals surface area contributed by atoms with Crippen molar-refractivity contribution in [2.24, 2.45) is 0 Å². The summed E-state index contributed by atoms with van der Waals surface area (Å²) in [7, 11) is 0. The maximum atomic E-state index is 12.6. The van der Waals surface area contributed by atoms with Crippen molar-refractivity contribution >= 4 is 23.7 Å². The smallest absolute Gasteiger partial charge is 0.418 e. The molecular weight excluding hydrogens is 378 g/mol. The van der Waals surface area contributed by atoms with Gasteiger partial charge in [0.05, 0.1) is 18.2 Å². The molecule has 0 saturated heterocycles. The highest BCUT2D eigenvalue weighted by Gasteiger charge is 2.40. The van der Waals surface area contributed by atoms with Crippen molar-refractivity contribution in [2.45, 2.75) is 19.9 Å². The molecule has 1 aliphatic rings. The van der Waals surface area contributed by atoms with Crippen LogP contribution in [0.3, 0.4) is 0 Å². The number of carbonyl (C=O) groups is 2. The van der Waals surface area contributed by atoms with Gasteiger partial charge in [0.1, 0.15) is 6.04 Å². The van der Waals surface area contributed by atoms with Gasteiger partial charge in [0.15, 0.2) is 0 Å². The number of halogens is 1. The lowest BCUT2D eigenvalue weighted by atomic mass is 9.89. The maximum absolute atomic E-state index is 12.6. The Labute approximate surface area is 168 Å². The van der Waals surface area contributed by atoms with Gasteiger partial charge in [-0.05, 0) is 42.7 Å². The molecule has 0 fully saturated rings. The SMILES string of the molecule is CCOC(=O)N1C(=O)NC(C)=C(C#N)C1c1ccccc1-c1ccc(Cl)cc1. The molecule has 2 aromatic rings. The zero-order valence-electron chi connectivity index (χ0n) is 15.4. The van der Waals surface area contributed by atoms with Crippen LogP contribution in [0.25, 0.3) is 11.1 Å². The van der Waals surface area contributed by atoms with Crippen LogP contribution in [0.5, 0.6) is 0 Å². The van der Waals surface area contributed by atoms with Crippen LogP contribution in [0.4, 0.5) is 9.59 Å². The number of nitrogens with zero attached hydrogens (tertiary/aromatic N) is 2. The minimum absolute atomic E-state index is 0.110. The van der Waals surface area contributed by atoms with Crippen LogP contribution in [0.15, 0.2) is 59.8 Å². The fourth-order valence-corrected chi connectivity index (χ4v) is 3.31. The number of nitrogens with one attached hydrogen (secondary N) is 1. The van der Waals surface area contributed by atoms with Gasteiger partial charge >= 0.3 is 12.1 Å². The molecule has 0 saturated carbocycles. The van der Waals surface area contributed by atoms with Crippen molar-refractivity contribution in [3.63, 3.8) is 0 Å². The summed E-state index contributed by atoms with van der Waals surface area (Å²) in [6, 6.07) is 15.1. The van der Waals surface area contributed by atoms with E-state index in [1.807, 2.05) is 24.3 Å². The number of hydrogen-bond donors (Lipinski definition) is 1. The second kappa shape index (κ2) is 8.15. The molecule has 142 valence electrons. The van der Waals surface area contributed by atoms with Crippen molar-refractivity contribution in [1.29, 1.82) is 5.26 Å². The van der Waals surface area contributed by atoms with Crippen LogP contribution in [0.2, 0.25) is 5.02 Å². The Kier molecular flexibility index (Phi) is 5.67. The predicted octanol–water partition coefficient (Wildman–Crippen LogP) is 5.03. The van der Waals surface area contributed by atoms with Crippen molar-refractivity contribution in [1.82, 2.24) is 10.2 Å². The van der Waals surface area contributed by atoms with E-state index in [0.29, 0.717) is 16.3 Å². The Morgan fingerprint density at radius 1 is 1.25 bits per heavy atom. The largest absolute Gasteiger partial charge is 0.449 e. The first-order valence-electron chi connectivity index (χ1n) is 8.70. The lowest BCUT2D eigenvalue weighted by molar-refractivity contribution is 0.104. The first-order chi connectivity index (χ1) is 13.5. The number of allylic oxidation sites excluding steroid dienone is 1. The van der Waals surface area contributed by atoms with Gasteiger partial charge in [-0.25, -0.2) is 14.5 Å². The summed E-state index contributed by atoms with van der Waals surface area (Å²) in [5.41, 5.74) is 2.96. The average Bonchev–Trinajstić information content (AvgIpc) is 2.68. The first-order valence-corrected chi connectivity index (χ1v) is 9.08. The molecule has 1 atom stereocenters. The Morgan fingerprint density at radius 2 is 1.93 bits per heavy atom. The lowest BCUT2D eigenvalue weighted by Crippen LogP contribution is -2.50. The summed E-state index contributed by atoms with van der Waals surface area (Å²) in [4.78, 5) is 26.1. The number of urea groups is 1. The highest BCUT2D eigenvalue weighted by atomic mass is 35.5. The van der Waals surface area contributed by atoms with E-state index in [4.69, 9.17) is 16.3 Å². The number of amides is 3. The third kappa shape index (κ3) is 3.57. The average molecular weight is 396 g/mol. The highest BCUT2D eigenvalue weighted by molar-refractivity contribution is 6.30. The standard InChI is InChI=1S/C21H18ClN3O3/c1-3-28-21(27)25-19(18(12-23)13(2)24-20(25)26)17-7-5-4-6-16(17)14-8-10-15(22)11-9-14/h4-11,19H,3H2,1-2H3,(H,24,26). The van der Waals surface area contributed by atoms with Gasteiger partial charge in [-0.3, -0.25) is 0 Å². The van der Waals surface area contributed by atoms with Crippen molar-refractivity contribution in [3.05, 3.63) is 70.4 Å². The second-order valence-corrected chi connectivity index (χ2v) is 6.58. The first kappa shape index (κ1) is 19.5. The molecule has 1 aliphatic heterocycles. The molecule has 1 unspecified atom stereocenters. The molecule has 0 bridgehead atoms. The number of carbonyl (C=O) groups excluding carboxylic acids is 2. The highest BCUT2D eigenvalue weighted by Crippen LogP contribution is 2.39. The van der Waals surface area contributed by atoms with Crippen molar-refractivity contribution in [3.8, 4) is 17.2 Å². The van der Waals surface area contributed by atoms with E-state index in [1.54, 1.807) is 38.1 Å². The Bertz CT molecular complexity index is 993. The maximum Gasteiger partial charge on any atom is 0.418 e. The predicted molar refractivity (Wildman–Crippen MR) is 105 cm³/mol. The molecule has 0 radical (unpaired) electrons. The molecule has 3 amide bonds. The summed E-state index contributed by atoms with van der Waals surface area (Å²) < 4.78 is 5.07. The van der Waals surface area contributed by atoms with Crippen LogP contribution < -0.4 is 5.32 Å². The zero-order chi connectivity index (χ0) is 20.3. The summed E-state index contributed by atoms with van der Waals surface area (Å²) in [5.74, 6) is 0. The normalized spacial score (nSPS) is 16.4. The minimum Gasteiger partial charge on any atom is -0.449 e.